The smallest absolute Gasteiger partial charge is 0.338 e. The van der Waals surface area contributed by atoms with Crippen molar-refractivity contribution in [3.8, 4) is 0 Å². The number of aliphatic carboxylic acids is 2. The Morgan fingerprint density at radius 3 is 1.30 bits per heavy atom. The van der Waals surface area contributed by atoms with Gasteiger partial charge in [-0.3, -0.25) is 9.69 Å². The zero-order valence-electron chi connectivity index (χ0n) is 49.6. The van der Waals surface area contributed by atoms with E-state index in [0.29, 0.717) is 46.2 Å². The zero-order valence-corrected chi connectivity index (χ0v) is 52.0. The van der Waals surface area contributed by atoms with Gasteiger partial charge in [0.1, 0.15) is 22.9 Å². The lowest BCUT2D eigenvalue weighted by atomic mass is 9.86. The Balaban J connectivity index is 0.00000118. The van der Waals surface area contributed by atoms with Crippen molar-refractivity contribution in [2.24, 2.45) is 33.1 Å². The van der Waals surface area contributed by atoms with E-state index < -0.39 is 51.6 Å². The average Bonchev–Trinajstić information content (AvgIpc) is 1.52. The van der Waals surface area contributed by atoms with Crippen LogP contribution in [0.15, 0.2) is 95.1 Å². The molecular weight excluding hydrogens is 1260 g/mol. The summed E-state index contributed by atoms with van der Waals surface area (Å²) in [6.45, 7) is 2.99. The van der Waals surface area contributed by atoms with Crippen LogP contribution in [-0.2, 0) is 69.8 Å². The molecule has 4 unspecified atom stereocenters. The van der Waals surface area contributed by atoms with E-state index in [-0.39, 0.29) is 131 Å². The lowest BCUT2D eigenvalue weighted by molar-refractivity contribution is -0.925. The lowest BCUT2D eigenvalue weighted by Crippen LogP contribution is -3.14. The Morgan fingerprint density at radius 2 is 1.00 bits per heavy atom. The summed E-state index contributed by atoms with van der Waals surface area (Å²) in [5.74, 6) is -4.12. The first-order valence-electron chi connectivity index (χ1n) is 27.0. The predicted molar refractivity (Wildman–Crippen MR) is 328 cm³/mol. The van der Waals surface area contributed by atoms with Crippen LogP contribution < -0.4 is 43.6 Å². The first-order valence-corrected chi connectivity index (χ1v) is 27.0. The number of nitrogens with two attached hydrogens (primary N) is 4. The van der Waals surface area contributed by atoms with Crippen LogP contribution in [0.5, 0.6) is 0 Å². The van der Waals surface area contributed by atoms with Gasteiger partial charge >= 0.3 is 17.9 Å². The molecule has 0 aliphatic heterocycles. The minimum atomic E-state index is -1.33. The Bertz CT molecular complexity index is 2600. The second-order valence-corrected chi connectivity index (χ2v) is 19.5. The van der Waals surface area contributed by atoms with Gasteiger partial charge in [-0.05, 0) is 109 Å². The molecular formula is C56H85IN12O18. The molecule has 0 fully saturated rings. The second-order valence-electron chi connectivity index (χ2n) is 19.5. The molecule has 87 heavy (non-hydrogen) atoms. The Kier molecular flexibility index (Phi) is 37.9. The quantitative estimate of drug-likeness (QED) is 0.00554. The minimum absolute atomic E-state index is 0. The standard InChI is InChI=1S/2C22H29NO5.2C6H13N5O4.HI/c2*1-4-22(23(2)3,19-8-6-5-7-9-19)15-28-21(27)16-10-17(12-24)20(14-26)18(11-16)13-25;2*7-4(5(12)13)2-1-3-9-6(8)10-11(14)15;/h2*5-11,24-26H,4,12-15H2,1-3H3;2*4H,1-3,7H2,(H,12,13)(H3,8,9,10);1H. The number of carboxylic acid groups (broad SMARTS) is 2. The number of nitrogens with one attached hydrogen (secondary N) is 3. The van der Waals surface area contributed by atoms with Gasteiger partial charge in [0.25, 0.3) is 11.9 Å². The third kappa shape index (κ3) is 26.1. The van der Waals surface area contributed by atoms with Crippen LogP contribution >= 0.6 is 24.0 Å². The van der Waals surface area contributed by atoms with Crippen molar-refractivity contribution < 1.29 is 84.5 Å². The number of hydrogen-bond donors (Lipinski definition) is 14. The molecule has 18 N–H and O–H groups in total. The number of likely N-dealkylation sites (N-methyl/N-ethyl adjacent to an activating group) is 2. The van der Waals surface area contributed by atoms with Gasteiger partial charge in [-0.1, -0.05) is 74.5 Å². The van der Waals surface area contributed by atoms with E-state index in [0.717, 1.165) is 28.9 Å². The molecule has 484 valence electrons. The molecule has 4 rings (SSSR count). The van der Waals surface area contributed by atoms with E-state index >= 15 is 0 Å². The maximum Gasteiger partial charge on any atom is 0.338 e. The number of carboxylic acids is 2. The number of halogens is 1. The van der Waals surface area contributed by atoms with Gasteiger partial charge in [0.2, 0.25) is 0 Å². The highest BCUT2D eigenvalue weighted by Gasteiger charge is 2.39. The SMILES string of the molecule is CCC(COC(=O)c1cc(CO)c(CO)c(CO)c1)(c1ccccc1)N(C)C.CCC(COC(=O)c1cc(CO)c(CO)c(CO)c1)(c1ccccc1)[NH+](C)C.I.N/C(=N\[N+](=O)[O-])NCCCC(N)C(=O)O.N/C(=N\[N+](=O)[O-])NCCCC(N)C(=O)[O-]. The maximum atomic E-state index is 12.7. The van der Waals surface area contributed by atoms with E-state index in [2.05, 4.69) is 27.8 Å². The van der Waals surface area contributed by atoms with Gasteiger partial charge in [-0.25, -0.2) is 29.8 Å². The van der Waals surface area contributed by atoms with E-state index in [1.54, 1.807) is 0 Å². The van der Waals surface area contributed by atoms with Crippen LogP contribution in [0.3, 0.4) is 0 Å². The van der Waals surface area contributed by atoms with E-state index in [1.807, 2.05) is 101 Å². The number of ether oxygens (including phenoxy) is 2. The van der Waals surface area contributed by atoms with Gasteiger partial charge in [-0.15, -0.1) is 24.0 Å². The number of quaternary nitrogens is 1. The molecule has 0 saturated heterocycles. The maximum absolute atomic E-state index is 12.7. The number of guanidine groups is 2. The number of aliphatic hydroxyl groups is 6. The number of benzene rings is 4. The molecule has 0 amide bonds. The number of rotatable bonds is 30. The fourth-order valence-corrected chi connectivity index (χ4v) is 8.68. The Morgan fingerprint density at radius 1 is 0.632 bits per heavy atom. The number of carbonyl (C=O) groups is 4. The summed E-state index contributed by atoms with van der Waals surface area (Å²) in [5.41, 5.74) is 24.8. The predicted octanol–water partition coefficient (Wildman–Crippen LogP) is -1.21. The minimum Gasteiger partial charge on any atom is -0.548 e. The number of hydrazone groups is 2. The van der Waals surface area contributed by atoms with Crippen molar-refractivity contribution >= 4 is 59.8 Å². The van der Waals surface area contributed by atoms with Crippen molar-refractivity contribution in [1.82, 2.24) is 15.5 Å². The normalized spacial score (nSPS) is 13.2. The average molecular weight is 1340 g/mol. The Hall–Kier alpha value is -7.57. The summed E-state index contributed by atoms with van der Waals surface area (Å²) in [5, 5.41) is 104. The molecule has 0 bridgehead atoms. The van der Waals surface area contributed by atoms with Crippen molar-refractivity contribution in [3.63, 3.8) is 0 Å². The third-order valence-corrected chi connectivity index (χ3v) is 13.9. The third-order valence-electron chi connectivity index (χ3n) is 13.9. The molecule has 4 aromatic rings. The van der Waals surface area contributed by atoms with E-state index in [4.69, 9.17) is 37.5 Å². The van der Waals surface area contributed by atoms with Crippen molar-refractivity contribution in [2.75, 3.05) is 54.5 Å². The highest BCUT2D eigenvalue weighted by molar-refractivity contribution is 14.0. The number of hydrogen-bond acceptors (Lipinski definition) is 20. The molecule has 0 aromatic heterocycles. The first kappa shape index (κ1) is 79.4. The van der Waals surface area contributed by atoms with Gasteiger partial charge in [0.15, 0.2) is 22.2 Å². The van der Waals surface area contributed by atoms with Crippen molar-refractivity contribution in [1.29, 1.82) is 0 Å². The number of nitrogens with zero attached hydrogens (tertiary/aromatic N) is 5. The van der Waals surface area contributed by atoms with Crippen LogP contribution in [0, 0.1) is 20.2 Å². The number of nitro groups is 2. The van der Waals surface area contributed by atoms with Crippen LogP contribution in [0.4, 0.5) is 0 Å². The van der Waals surface area contributed by atoms with E-state index in [1.165, 1.54) is 24.3 Å². The largest absolute Gasteiger partial charge is 0.548 e. The zero-order chi connectivity index (χ0) is 65.2. The van der Waals surface area contributed by atoms with Gasteiger partial charge < -0.3 is 93.6 Å². The topological polar surface area (TPSA) is 498 Å². The fourth-order valence-electron chi connectivity index (χ4n) is 8.68. The van der Waals surface area contributed by atoms with E-state index in [9.17, 15) is 75.2 Å². The highest BCUT2D eigenvalue weighted by Crippen LogP contribution is 2.32. The first-order chi connectivity index (χ1) is 40.7. The number of esters is 2. The van der Waals surface area contributed by atoms with Gasteiger partial charge in [-0.2, -0.15) is 0 Å². The van der Waals surface area contributed by atoms with Crippen molar-refractivity contribution in [3.05, 3.63) is 161 Å². The molecule has 31 heteroatoms. The molecule has 0 saturated carbocycles. The molecule has 0 spiro atoms. The monoisotopic (exact) mass is 1340 g/mol. The molecule has 0 heterocycles. The number of carbonyl (C=O) groups excluding carboxylic acids is 3. The van der Waals surface area contributed by atoms with Crippen molar-refractivity contribution in [2.45, 2.75) is 115 Å². The molecule has 4 atom stereocenters. The second kappa shape index (κ2) is 41.5. The van der Waals surface area contributed by atoms with Crippen LogP contribution in [0.2, 0.25) is 0 Å². The summed E-state index contributed by atoms with van der Waals surface area (Å²) >= 11 is 0. The fraction of sp³-hybridized carbons (Fsp3) is 0.464. The highest BCUT2D eigenvalue weighted by atomic mass is 127. The molecule has 0 aliphatic carbocycles. The Labute approximate surface area is 521 Å². The summed E-state index contributed by atoms with van der Waals surface area (Å²) in [7, 11) is 7.98. The summed E-state index contributed by atoms with van der Waals surface area (Å²) in [6.07, 6.45) is 2.80. The lowest BCUT2D eigenvalue weighted by Gasteiger charge is -2.39. The summed E-state index contributed by atoms with van der Waals surface area (Å²) in [6, 6.07) is 23.9. The van der Waals surface area contributed by atoms with Gasteiger partial charge in [0.05, 0.1) is 76.4 Å². The summed E-state index contributed by atoms with van der Waals surface area (Å²) < 4.78 is 11.4. The molecule has 30 nitrogen and oxygen atoms in total. The van der Waals surface area contributed by atoms with Crippen LogP contribution in [0.1, 0.15) is 118 Å². The molecule has 0 aliphatic rings. The van der Waals surface area contributed by atoms with Gasteiger partial charge in [0, 0.05) is 31.1 Å². The van der Waals surface area contributed by atoms with Crippen LogP contribution in [0.25, 0.3) is 0 Å². The number of aliphatic hydroxyl groups excluding tert-OH is 6. The van der Waals surface area contributed by atoms with Crippen LogP contribution in [-0.4, -0.2) is 153 Å². The summed E-state index contributed by atoms with van der Waals surface area (Å²) in [4.78, 5) is 68.8. The molecule has 4 aromatic carbocycles. The molecule has 0 radical (unpaired) electrons.